The van der Waals surface area contributed by atoms with Crippen molar-refractivity contribution >= 4 is 46.4 Å². The summed E-state index contributed by atoms with van der Waals surface area (Å²) < 4.78 is 0. The summed E-state index contributed by atoms with van der Waals surface area (Å²) in [5.74, 6) is 0. The monoisotopic (exact) mass is 394 g/mol. The van der Waals surface area contributed by atoms with Crippen LogP contribution in [0.3, 0.4) is 0 Å². The lowest BCUT2D eigenvalue weighted by Gasteiger charge is -2.00. The Hall–Kier alpha value is -3.40. The first-order valence-corrected chi connectivity index (χ1v) is 10.8. The Morgan fingerprint density at radius 3 is 1.60 bits per heavy atom. The Kier molecular flexibility index (Phi) is 4.83. The molecular weight excluding hydrogens is 368 g/mol. The van der Waals surface area contributed by atoms with Gasteiger partial charge in [0.2, 0.25) is 0 Å². The van der Waals surface area contributed by atoms with Crippen LogP contribution >= 0.6 is 0 Å². The third-order valence-electron chi connectivity index (χ3n) is 5.62. The second-order valence-electron chi connectivity index (χ2n) is 7.91. The number of nitrogens with zero attached hydrogens (tertiary/aromatic N) is 2. The molecule has 2 N–H and O–H groups in total. The molecule has 0 aromatic carbocycles. The van der Waals surface area contributed by atoms with E-state index in [1.165, 1.54) is 11.1 Å². The topological polar surface area (TPSA) is 57.4 Å². The number of rotatable bonds is 4. The molecule has 0 aliphatic carbocycles. The molecule has 0 fully saturated rings. The SMILES string of the molecule is CCCc1c2nc(cc3nc(c(CCC)c4ccc(cc5ccc1[nH]5)[nH]4)C=C3)C=C2. The fourth-order valence-corrected chi connectivity index (χ4v) is 4.22. The van der Waals surface area contributed by atoms with Crippen LogP contribution in [0, 0.1) is 0 Å². The smallest absolute Gasteiger partial charge is 0.0690 e. The summed E-state index contributed by atoms with van der Waals surface area (Å²) in [5.41, 5.74) is 10.9. The van der Waals surface area contributed by atoms with Crippen molar-refractivity contribution in [3.8, 4) is 0 Å². The second-order valence-corrected chi connectivity index (χ2v) is 7.91. The maximum absolute atomic E-state index is 4.90. The fourth-order valence-electron chi connectivity index (χ4n) is 4.22. The van der Waals surface area contributed by atoms with E-state index in [4.69, 9.17) is 9.97 Å². The van der Waals surface area contributed by atoms with Gasteiger partial charge in [0.15, 0.2) is 0 Å². The van der Waals surface area contributed by atoms with E-state index in [2.05, 4.69) is 84.5 Å². The number of aromatic nitrogens is 4. The largest absolute Gasteiger partial charge is 0.355 e. The zero-order valence-electron chi connectivity index (χ0n) is 17.5. The summed E-state index contributed by atoms with van der Waals surface area (Å²) in [6.07, 6.45) is 12.5. The van der Waals surface area contributed by atoms with Gasteiger partial charge >= 0.3 is 0 Å². The van der Waals surface area contributed by atoms with Gasteiger partial charge < -0.3 is 9.97 Å². The Bertz CT molecular complexity index is 1220. The number of H-pyrrole nitrogens is 2. The minimum Gasteiger partial charge on any atom is -0.355 e. The third-order valence-corrected chi connectivity index (χ3v) is 5.62. The first-order chi connectivity index (χ1) is 14.7. The molecule has 4 nitrogen and oxygen atoms in total. The van der Waals surface area contributed by atoms with Crippen LogP contribution in [0.25, 0.3) is 46.4 Å². The van der Waals surface area contributed by atoms with Gasteiger partial charge in [-0.2, -0.15) is 0 Å². The third kappa shape index (κ3) is 3.50. The number of aromatic amines is 2. The van der Waals surface area contributed by atoms with E-state index in [1.807, 2.05) is 0 Å². The highest BCUT2D eigenvalue weighted by Gasteiger charge is 2.10. The lowest BCUT2D eigenvalue weighted by Crippen LogP contribution is -1.90. The summed E-state index contributed by atoms with van der Waals surface area (Å²) >= 11 is 0. The molecule has 2 aliphatic heterocycles. The molecule has 0 saturated carbocycles. The number of hydrogen-bond donors (Lipinski definition) is 2. The molecule has 8 bridgehead atoms. The molecule has 0 saturated heterocycles. The van der Waals surface area contributed by atoms with Crippen LogP contribution in [-0.2, 0) is 12.8 Å². The average molecular weight is 395 g/mol. The van der Waals surface area contributed by atoms with Crippen LogP contribution in [-0.4, -0.2) is 19.9 Å². The predicted octanol–water partition coefficient (Wildman–Crippen LogP) is 6.56. The average Bonchev–Trinajstić information content (AvgIpc) is 3.53. The summed E-state index contributed by atoms with van der Waals surface area (Å²) in [7, 11) is 0. The molecule has 3 aromatic rings. The van der Waals surface area contributed by atoms with Crippen LogP contribution in [0.4, 0.5) is 0 Å². The normalized spacial score (nSPS) is 12.6. The molecule has 5 rings (SSSR count). The van der Waals surface area contributed by atoms with Gasteiger partial charge in [-0.1, -0.05) is 26.7 Å². The Morgan fingerprint density at radius 2 is 1.13 bits per heavy atom. The summed E-state index contributed by atoms with van der Waals surface area (Å²) in [6, 6.07) is 12.8. The van der Waals surface area contributed by atoms with Crippen LogP contribution in [0.1, 0.15) is 60.6 Å². The highest BCUT2D eigenvalue weighted by molar-refractivity contribution is 5.80. The van der Waals surface area contributed by atoms with Gasteiger partial charge in [-0.15, -0.1) is 0 Å². The van der Waals surface area contributed by atoms with Crippen molar-refractivity contribution < 1.29 is 0 Å². The van der Waals surface area contributed by atoms with Crippen molar-refractivity contribution in [2.75, 3.05) is 0 Å². The Balaban J connectivity index is 1.86. The van der Waals surface area contributed by atoms with Gasteiger partial charge in [0.25, 0.3) is 0 Å². The van der Waals surface area contributed by atoms with Crippen LogP contribution < -0.4 is 0 Å². The first-order valence-electron chi connectivity index (χ1n) is 10.8. The van der Waals surface area contributed by atoms with Crippen molar-refractivity contribution in [1.29, 1.82) is 0 Å². The molecule has 0 spiro atoms. The Labute approximate surface area is 176 Å². The second kappa shape index (κ2) is 7.79. The molecule has 5 heterocycles. The summed E-state index contributed by atoms with van der Waals surface area (Å²) in [6.45, 7) is 4.41. The van der Waals surface area contributed by atoms with E-state index in [0.717, 1.165) is 70.5 Å². The number of fused-ring (bicyclic) bond motifs is 8. The number of hydrogen-bond acceptors (Lipinski definition) is 2. The van der Waals surface area contributed by atoms with Crippen molar-refractivity contribution in [2.45, 2.75) is 39.5 Å². The van der Waals surface area contributed by atoms with Crippen molar-refractivity contribution in [3.63, 3.8) is 0 Å². The molecule has 150 valence electrons. The minimum atomic E-state index is 0.952. The van der Waals surface area contributed by atoms with E-state index in [9.17, 15) is 0 Å². The molecular formula is C26H26N4. The van der Waals surface area contributed by atoms with Crippen LogP contribution in [0.2, 0.25) is 0 Å². The fraction of sp³-hybridized carbons (Fsp3) is 0.231. The maximum Gasteiger partial charge on any atom is 0.0690 e. The maximum atomic E-state index is 4.90. The van der Waals surface area contributed by atoms with Gasteiger partial charge in [-0.25, -0.2) is 9.97 Å². The molecule has 0 unspecified atom stereocenters. The highest BCUT2D eigenvalue weighted by atomic mass is 14.8. The van der Waals surface area contributed by atoms with Crippen molar-refractivity contribution in [3.05, 3.63) is 70.3 Å². The standard InChI is InChI=1S/C26H26N4/c1-3-5-21-23-11-7-17(27-23)15-19-9-13-25(29-19)22(6-4-2)26-14-10-20(30-26)16-18-8-12-24(21)28-18/h7-16,27,29H,3-6H2,1-2H3. The van der Waals surface area contributed by atoms with E-state index < -0.39 is 0 Å². The number of aryl methyl sites for hydroxylation is 2. The van der Waals surface area contributed by atoms with E-state index in [-0.39, 0.29) is 0 Å². The highest BCUT2D eigenvalue weighted by Crippen LogP contribution is 2.24. The van der Waals surface area contributed by atoms with Gasteiger partial charge in [-0.05, 0) is 73.5 Å². The van der Waals surface area contributed by atoms with Gasteiger partial charge in [0.05, 0.1) is 22.8 Å². The molecule has 2 aliphatic rings. The van der Waals surface area contributed by atoms with E-state index in [0.29, 0.717) is 0 Å². The zero-order chi connectivity index (χ0) is 20.5. The van der Waals surface area contributed by atoms with E-state index in [1.54, 1.807) is 0 Å². The van der Waals surface area contributed by atoms with Gasteiger partial charge in [0, 0.05) is 33.2 Å². The first kappa shape index (κ1) is 18.6. The van der Waals surface area contributed by atoms with Crippen LogP contribution in [0.15, 0.2) is 36.4 Å². The quantitative estimate of drug-likeness (QED) is 0.363. The molecule has 3 aromatic heterocycles. The Morgan fingerprint density at radius 1 is 0.633 bits per heavy atom. The van der Waals surface area contributed by atoms with Crippen LogP contribution in [0.5, 0.6) is 0 Å². The predicted molar refractivity (Wildman–Crippen MR) is 127 cm³/mol. The van der Waals surface area contributed by atoms with Crippen molar-refractivity contribution in [1.82, 2.24) is 19.9 Å². The molecule has 30 heavy (non-hydrogen) atoms. The zero-order valence-corrected chi connectivity index (χ0v) is 17.5. The number of nitrogens with one attached hydrogen (secondary N) is 2. The summed E-state index contributed by atoms with van der Waals surface area (Å²) in [5, 5.41) is 0. The van der Waals surface area contributed by atoms with E-state index >= 15 is 0 Å². The molecule has 0 atom stereocenters. The lowest BCUT2D eigenvalue weighted by atomic mass is 10.1. The molecule has 4 heteroatoms. The van der Waals surface area contributed by atoms with Crippen molar-refractivity contribution in [2.24, 2.45) is 0 Å². The molecule has 0 amide bonds. The van der Waals surface area contributed by atoms with Gasteiger partial charge in [-0.3, -0.25) is 0 Å². The molecule has 0 radical (unpaired) electrons. The summed E-state index contributed by atoms with van der Waals surface area (Å²) in [4.78, 5) is 17.0. The lowest BCUT2D eigenvalue weighted by molar-refractivity contribution is 0.918. The minimum absolute atomic E-state index is 0.952. The van der Waals surface area contributed by atoms with Gasteiger partial charge in [0.1, 0.15) is 0 Å².